The molecule has 0 unspecified atom stereocenters. The number of hydrogen-bond donors (Lipinski definition) is 4. The number of benzene rings is 3. The minimum Gasteiger partial charge on any atom is -0.487 e. The SMILES string of the molecule is Cc1c(C)c(S(=O)(=O)NC(N)=NCCC[C@H](NC(=O)c2cccn(Cc3ccccc3-c3ccccc3)c2=O)C(=O)O)c(C)c2c1OC(C)(C)CC2. The third-order valence-electron chi connectivity index (χ3n) is 9.42. The molecule has 1 atom stereocenters. The molecule has 0 bridgehead atoms. The molecule has 1 amide bonds. The van der Waals surface area contributed by atoms with Crippen molar-refractivity contribution in [2.75, 3.05) is 6.54 Å². The van der Waals surface area contributed by atoms with E-state index < -0.39 is 33.5 Å². The summed E-state index contributed by atoms with van der Waals surface area (Å²) in [6.45, 7) is 9.51. The summed E-state index contributed by atoms with van der Waals surface area (Å²) in [5.74, 6) is -1.74. The van der Waals surface area contributed by atoms with Crippen LogP contribution in [0.2, 0.25) is 0 Å². The van der Waals surface area contributed by atoms with Crippen LogP contribution in [0.3, 0.4) is 0 Å². The van der Waals surface area contributed by atoms with E-state index in [1.165, 1.54) is 10.6 Å². The molecular weight excluding hydrogens is 683 g/mol. The molecule has 1 aliphatic heterocycles. The number of amides is 1. The Hall–Kier alpha value is -5.43. The summed E-state index contributed by atoms with van der Waals surface area (Å²) in [7, 11) is -4.11. The highest BCUT2D eigenvalue weighted by atomic mass is 32.2. The second-order valence-electron chi connectivity index (χ2n) is 13.6. The number of aliphatic carboxylic acids is 1. The van der Waals surface area contributed by atoms with E-state index in [0.29, 0.717) is 17.5 Å². The summed E-state index contributed by atoms with van der Waals surface area (Å²) in [5.41, 5.74) is 10.4. The van der Waals surface area contributed by atoms with E-state index >= 15 is 0 Å². The summed E-state index contributed by atoms with van der Waals surface area (Å²) in [4.78, 5) is 42.9. The summed E-state index contributed by atoms with van der Waals surface area (Å²) >= 11 is 0. The number of pyridine rings is 1. The highest BCUT2D eigenvalue weighted by molar-refractivity contribution is 7.90. The second kappa shape index (κ2) is 15.4. The first kappa shape index (κ1) is 37.8. The monoisotopic (exact) mass is 727 g/mol. The van der Waals surface area contributed by atoms with Crippen LogP contribution in [0.1, 0.15) is 71.3 Å². The fourth-order valence-electron chi connectivity index (χ4n) is 6.54. The predicted octanol–water partition coefficient (Wildman–Crippen LogP) is 4.85. The zero-order valence-corrected chi connectivity index (χ0v) is 30.8. The Morgan fingerprint density at radius 3 is 2.40 bits per heavy atom. The lowest BCUT2D eigenvalue weighted by Crippen LogP contribution is -2.43. The van der Waals surface area contributed by atoms with E-state index in [0.717, 1.165) is 40.0 Å². The maximum absolute atomic E-state index is 13.5. The fraction of sp³-hybridized carbons (Fsp3) is 0.333. The number of aliphatic imine (C=N–C) groups is 1. The van der Waals surface area contributed by atoms with E-state index in [-0.39, 0.29) is 48.0 Å². The van der Waals surface area contributed by atoms with E-state index in [1.807, 2.05) is 75.4 Å². The quantitative estimate of drug-likeness (QED) is 0.0908. The van der Waals surface area contributed by atoms with Crippen LogP contribution in [0.4, 0.5) is 0 Å². The minimum atomic E-state index is -4.11. The van der Waals surface area contributed by atoms with E-state index in [2.05, 4.69) is 15.0 Å². The second-order valence-corrected chi connectivity index (χ2v) is 15.2. The van der Waals surface area contributed by atoms with Crippen LogP contribution in [0.15, 0.2) is 87.6 Å². The smallest absolute Gasteiger partial charge is 0.326 e. The van der Waals surface area contributed by atoms with Crippen LogP contribution in [0.25, 0.3) is 11.1 Å². The molecule has 5 N–H and O–H groups in total. The Bertz CT molecular complexity index is 2190. The van der Waals surface area contributed by atoms with Gasteiger partial charge in [-0.3, -0.25) is 14.6 Å². The topological polar surface area (TPSA) is 182 Å². The largest absolute Gasteiger partial charge is 0.487 e. The Morgan fingerprint density at radius 1 is 1.00 bits per heavy atom. The van der Waals surface area contributed by atoms with Gasteiger partial charge in [-0.05, 0) is 111 Å². The van der Waals surface area contributed by atoms with Crippen LogP contribution in [0.5, 0.6) is 5.75 Å². The molecule has 0 saturated heterocycles. The van der Waals surface area contributed by atoms with Gasteiger partial charge < -0.3 is 25.5 Å². The van der Waals surface area contributed by atoms with E-state index in [1.54, 1.807) is 26.1 Å². The van der Waals surface area contributed by atoms with Gasteiger partial charge in [0.2, 0.25) is 5.96 Å². The van der Waals surface area contributed by atoms with Gasteiger partial charge in [0, 0.05) is 12.7 Å². The van der Waals surface area contributed by atoms with Crippen molar-refractivity contribution >= 4 is 27.9 Å². The maximum atomic E-state index is 13.5. The van der Waals surface area contributed by atoms with Crippen molar-refractivity contribution in [2.24, 2.45) is 10.7 Å². The molecule has 0 spiro atoms. The molecule has 0 fully saturated rings. The van der Waals surface area contributed by atoms with Crippen LogP contribution in [-0.2, 0) is 27.8 Å². The summed E-state index contributed by atoms with van der Waals surface area (Å²) in [6, 6.07) is 19.0. The maximum Gasteiger partial charge on any atom is 0.326 e. The lowest BCUT2D eigenvalue weighted by atomic mass is 9.88. The summed E-state index contributed by atoms with van der Waals surface area (Å²) in [5, 5.41) is 12.3. The zero-order valence-electron chi connectivity index (χ0n) is 30.0. The number of rotatable bonds is 12. The first-order chi connectivity index (χ1) is 24.6. The predicted molar refractivity (Wildman–Crippen MR) is 200 cm³/mol. The van der Waals surface area contributed by atoms with Gasteiger partial charge in [0.05, 0.1) is 11.4 Å². The fourth-order valence-corrected chi connectivity index (χ4v) is 8.06. The average Bonchev–Trinajstić information content (AvgIpc) is 3.09. The molecule has 5 rings (SSSR count). The van der Waals surface area contributed by atoms with Gasteiger partial charge in [0.25, 0.3) is 21.5 Å². The molecule has 0 radical (unpaired) electrons. The lowest BCUT2D eigenvalue weighted by Gasteiger charge is -2.35. The Morgan fingerprint density at radius 2 is 1.69 bits per heavy atom. The number of fused-ring (bicyclic) bond motifs is 1. The number of ether oxygens (including phenoxy) is 1. The Balaban J connectivity index is 1.22. The third-order valence-corrected chi connectivity index (χ3v) is 11.0. The number of sulfonamides is 1. The summed E-state index contributed by atoms with van der Waals surface area (Å²) < 4.78 is 37.0. The molecule has 0 saturated carbocycles. The van der Waals surface area contributed by atoms with Crippen LogP contribution in [0, 0.1) is 20.8 Å². The van der Waals surface area contributed by atoms with Gasteiger partial charge in [-0.25, -0.2) is 17.9 Å². The van der Waals surface area contributed by atoms with Crippen molar-refractivity contribution in [3.05, 3.63) is 117 Å². The van der Waals surface area contributed by atoms with Gasteiger partial charge in [-0.1, -0.05) is 54.6 Å². The standard InChI is InChI=1S/C39H45N5O7S/c1-24-25(2)34(26(3)29-19-20-39(4,5)51-33(24)29)52(49,50)43-38(40)41-21-11-18-32(37(47)48)42-35(45)31-17-12-22-44(36(31)46)23-28-15-9-10-16-30(28)27-13-7-6-8-14-27/h6-10,12-17,22,32H,11,18-21,23H2,1-5H3,(H,42,45)(H,47,48)(H3,40,41,43)/t32-/m0/s1. The normalized spacial score (nSPS) is 14.5. The number of nitrogens with zero attached hydrogens (tertiary/aromatic N) is 2. The lowest BCUT2D eigenvalue weighted by molar-refractivity contribution is -0.139. The van der Waals surface area contributed by atoms with Crippen molar-refractivity contribution in [3.63, 3.8) is 0 Å². The molecule has 0 aliphatic carbocycles. The van der Waals surface area contributed by atoms with Crippen molar-refractivity contribution < 1.29 is 27.9 Å². The van der Waals surface area contributed by atoms with Crippen molar-refractivity contribution in [1.29, 1.82) is 0 Å². The third kappa shape index (κ3) is 8.37. The Kier molecular flexibility index (Phi) is 11.2. The first-order valence-corrected chi connectivity index (χ1v) is 18.6. The molecule has 274 valence electrons. The number of nitrogens with one attached hydrogen (secondary N) is 2. The number of guanidine groups is 1. The number of carboxylic acids is 1. The Labute approximate surface area is 303 Å². The highest BCUT2D eigenvalue weighted by Gasteiger charge is 2.33. The van der Waals surface area contributed by atoms with Gasteiger partial charge >= 0.3 is 5.97 Å². The van der Waals surface area contributed by atoms with E-state index in [9.17, 15) is 27.9 Å². The van der Waals surface area contributed by atoms with Crippen LogP contribution >= 0.6 is 0 Å². The van der Waals surface area contributed by atoms with Crippen molar-refractivity contribution in [1.82, 2.24) is 14.6 Å². The van der Waals surface area contributed by atoms with Gasteiger partial charge in [-0.2, -0.15) is 0 Å². The number of nitrogens with two attached hydrogens (primary N) is 1. The molecule has 3 aromatic carbocycles. The number of carbonyl (C=O) groups is 2. The number of carboxylic acid groups (broad SMARTS) is 1. The molecule has 13 heteroatoms. The number of carbonyl (C=O) groups excluding carboxylic acids is 1. The molecule has 52 heavy (non-hydrogen) atoms. The molecule has 2 heterocycles. The first-order valence-electron chi connectivity index (χ1n) is 17.1. The zero-order chi connectivity index (χ0) is 37.8. The van der Waals surface area contributed by atoms with Gasteiger partial charge in [-0.15, -0.1) is 0 Å². The number of aromatic nitrogens is 1. The number of hydrogen-bond acceptors (Lipinski definition) is 7. The highest BCUT2D eigenvalue weighted by Crippen LogP contribution is 2.42. The molecule has 1 aliphatic rings. The van der Waals surface area contributed by atoms with Gasteiger partial charge in [0.15, 0.2) is 0 Å². The van der Waals surface area contributed by atoms with Crippen LogP contribution < -0.4 is 26.1 Å². The van der Waals surface area contributed by atoms with E-state index in [4.69, 9.17) is 10.5 Å². The summed E-state index contributed by atoms with van der Waals surface area (Å²) in [6.07, 6.45) is 3.10. The minimum absolute atomic E-state index is 0.0168. The molecule has 1 aromatic heterocycles. The molecule has 4 aromatic rings. The van der Waals surface area contributed by atoms with Crippen LogP contribution in [-0.4, -0.2) is 54.1 Å². The van der Waals surface area contributed by atoms with Gasteiger partial charge in [0.1, 0.15) is 23.0 Å². The average molecular weight is 728 g/mol. The molecule has 12 nitrogen and oxygen atoms in total. The van der Waals surface area contributed by atoms with Crippen molar-refractivity contribution in [2.45, 2.75) is 83.4 Å². The molecular formula is C39H45N5O7S. The van der Waals surface area contributed by atoms with Crippen molar-refractivity contribution in [3.8, 4) is 16.9 Å².